The molecular formula is C9H10ClN3. The third kappa shape index (κ3) is 3.02. The number of aryl methyl sites for hydroxylation is 1. The van der Waals surface area contributed by atoms with Crippen molar-refractivity contribution in [1.29, 1.82) is 0 Å². The molecule has 13 heavy (non-hydrogen) atoms. The fourth-order valence-corrected chi connectivity index (χ4v) is 0.965. The summed E-state index contributed by atoms with van der Waals surface area (Å²) in [7, 11) is 1.85. The summed E-state index contributed by atoms with van der Waals surface area (Å²) >= 11 is 5.60. The van der Waals surface area contributed by atoms with E-state index in [1.54, 1.807) is 6.20 Å². The van der Waals surface area contributed by atoms with E-state index in [4.69, 9.17) is 11.6 Å². The van der Waals surface area contributed by atoms with Crippen molar-refractivity contribution in [2.24, 2.45) is 0 Å². The standard InChI is InChI=1S/C9H10ClN3/c1-7-8(4-3-5-11-2)6-12-9(10)13-7/h6,11H,5H2,1-2H3. The average molecular weight is 196 g/mol. The molecule has 0 fully saturated rings. The molecule has 0 atom stereocenters. The summed E-state index contributed by atoms with van der Waals surface area (Å²) in [6.45, 7) is 2.51. The van der Waals surface area contributed by atoms with Gasteiger partial charge in [-0.25, -0.2) is 9.97 Å². The first kappa shape index (κ1) is 9.97. The highest BCUT2D eigenvalue weighted by molar-refractivity contribution is 6.28. The van der Waals surface area contributed by atoms with Crippen LogP contribution < -0.4 is 5.32 Å². The summed E-state index contributed by atoms with van der Waals surface area (Å²) < 4.78 is 0. The van der Waals surface area contributed by atoms with Crippen LogP contribution in [0.5, 0.6) is 0 Å². The van der Waals surface area contributed by atoms with E-state index < -0.39 is 0 Å². The number of rotatable bonds is 1. The fraction of sp³-hybridized carbons (Fsp3) is 0.333. The molecule has 1 heterocycles. The summed E-state index contributed by atoms with van der Waals surface area (Å²) in [6, 6.07) is 0. The molecule has 0 unspecified atom stereocenters. The Bertz CT molecular complexity index is 352. The van der Waals surface area contributed by atoms with Gasteiger partial charge in [-0.15, -0.1) is 0 Å². The van der Waals surface area contributed by atoms with Crippen LogP contribution in [0, 0.1) is 18.8 Å². The van der Waals surface area contributed by atoms with Crippen LogP contribution in [0.25, 0.3) is 0 Å². The van der Waals surface area contributed by atoms with Gasteiger partial charge in [-0.3, -0.25) is 0 Å². The minimum Gasteiger partial charge on any atom is -0.309 e. The van der Waals surface area contributed by atoms with Crippen LogP contribution in [-0.2, 0) is 0 Å². The van der Waals surface area contributed by atoms with Crippen molar-refractivity contribution in [2.45, 2.75) is 6.92 Å². The molecule has 1 rings (SSSR count). The van der Waals surface area contributed by atoms with E-state index in [0.29, 0.717) is 6.54 Å². The van der Waals surface area contributed by atoms with Crippen LogP contribution in [-0.4, -0.2) is 23.6 Å². The molecule has 0 bridgehead atoms. The van der Waals surface area contributed by atoms with Gasteiger partial charge < -0.3 is 5.32 Å². The van der Waals surface area contributed by atoms with E-state index in [-0.39, 0.29) is 5.28 Å². The maximum atomic E-state index is 5.60. The number of nitrogens with one attached hydrogen (secondary N) is 1. The van der Waals surface area contributed by atoms with Gasteiger partial charge in [0.05, 0.1) is 17.8 Å². The maximum Gasteiger partial charge on any atom is 0.222 e. The molecule has 1 aromatic heterocycles. The number of hydrogen-bond donors (Lipinski definition) is 1. The molecule has 0 amide bonds. The molecule has 0 spiro atoms. The Morgan fingerprint density at radius 1 is 1.62 bits per heavy atom. The van der Waals surface area contributed by atoms with Crippen molar-refractivity contribution in [2.75, 3.05) is 13.6 Å². The molecule has 3 nitrogen and oxygen atoms in total. The van der Waals surface area contributed by atoms with Gasteiger partial charge >= 0.3 is 0 Å². The van der Waals surface area contributed by atoms with E-state index in [2.05, 4.69) is 27.1 Å². The normalized spacial score (nSPS) is 9.15. The second kappa shape index (κ2) is 4.80. The van der Waals surface area contributed by atoms with Crippen molar-refractivity contribution in [3.8, 4) is 11.8 Å². The fourth-order valence-electron chi connectivity index (χ4n) is 0.789. The Morgan fingerprint density at radius 3 is 3.00 bits per heavy atom. The lowest BCUT2D eigenvalue weighted by atomic mass is 10.2. The third-order valence-electron chi connectivity index (χ3n) is 1.44. The SMILES string of the molecule is CNCC#Cc1cnc(Cl)nc1C. The van der Waals surface area contributed by atoms with E-state index in [1.807, 2.05) is 14.0 Å². The maximum absolute atomic E-state index is 5.60. The second-order valence-corrected chi connectivity index (χ2v) is 2.81. The molecule has 0 saturated carbocycles. The lowest BCUT2D eigenvalue weighted by Gasteiger charge is -1.95. The zero-order valence-corrected chi connectivity index (χ0v) is 8.31. The molecule has 1 aromatic rings. The van der Waals surface area contributed by atoms with Gasteiger partial charge in [0.2, 0.25) is 5.28 Å². The summed E-state index contributed by atoms with van der Waals surface area (Å²) in [5.41, 5.74) is 1.63. The van der Waals surface area contributed by atoms with Gasteiger partial charge in [0, 0.05) is 6.20 Å². The van der Waals surface area contributed by atoms with Gasteiger partial charge in [0.15, 0.2) is 0 Å². The molecule has 0 aliphatic rings. The van der Waals surface area contributed by atoms with E-state index in [0.717, 1.165) is 11.3 Å². The lowest BCUT2D eigenvalue weighted by Crippen LogP contribution is -2.04. The Kier molecular flexibility index (Phi) is 3.69. The summed E-state index contributed by atoms with van der Waals surface area (Å²) in [5, 5.41) is 3.19. The van der Waals surface area contributed by atoms with E-state index >= 15 is 0 Å². The predicted octanol–water partition coefficient (Wildman–Crippen LogP) is 1.01. The monoisotopic (exact) mass is 195 g/mol. The number of halogens is 1. The first-order valence-corrected chi connectivity index (χ1v) is 4.24. The average Bonchev–Trinajstić information content (AvgIpc) is 2.09. The van der Waals surface area contributed by atoms with Crippen LogP contribution >= 0.6 is 11.6 Å². The van der Waals surface area contributed by atoms with Crippen molar-refractivity contribution in [3.05, 3.63) is 22.7 Å². The largest absolute Gasteiger partial charge is 0.309 e. The molecular weight excluding hydrogens is 186 g/mol. The lowest BCUT2D eigenvalue weighted by molar-refractivity contribution is 0.938. The number of nitrogens with zero attached hydrogens (tertiary/aromatic N) is 2. The van der Waals surface area contributed by atoms with Gasteiger partial charge in [-0.2, -0.15) is 0 Å². The Labute approximate surface area is 82.5 Å². The van der Waals surface area contributed by atoms with E-state index in [9.17, 15) is 0 Å². The topological polar surface area (TPSA) is 37.8 Å². The third-order valence-corrected chi connectivity index (χ3v) is 1.62. The highest BCUT2D eigenvalue weighted by Gasteiger charge is 1.97. The Hall–Kier alpha value is -1.11. The van der Waals surface area contributed by atoms with Crippen LogP contribution in [0.15, 0.2) is 6.20 Å². The molecule has 0 saturated heterocycles. The van der Waals surface area contributed by atoms with Crippen molar-refractivity contribution in [1.82, 2.24) is 15.3 Å². The molecule has 4 heteroatoms. The zero-order chi connectivity index (χ0) is 9.68. The van der Waals surface area contributed by atoms with Gasteiger partial charge in [-0.05, 0) is 25.6 Å². The van der Waals surface area contributed by atoms with Gasteiger partial charge in [0.1, 0.15) is 0 Å². The number of hydrogen-bond acceptors (Lipinski definition) is 3. The summed E-state index contributed by atoms with van der Waals surface area (Å²) in [5.74, 6) is 5.87. The van der Waals surface area contributed by atoms with E-state index in [1.165, 1.54) is 0 Å². The quantitative estimate of drug-likeness (QED) is 0.537. The zero-order valence-electron chi connectivity index (χ0n) is 7.56. The summed E-state index contributed by atoms with van der Waals surface area (Å²) in [6.07, 6.45) is 1.63. The second-order valence-electron chi connectivity index (χ2n) is 2.47. The highest BCUT2D eigenvalue weighted by atomic mass is 35.5. The molecule has 0 aliphatic carbocycles. The Morgan fingerprint density at radius 2 is 2.38 bits per heavy atom. The Balaban J connectivity index is 2.85. The number of aromatic nitrogens is 2. The first-order chi connectivity index (χ1) is 6.24. The molecule has 68 valence electrons. The smallest absolute Gasteiger partial charge is 0.222 e. The minimum absolute atomic E-state index is 0.261. The van der Waals surface area contributed by atoms with Gasteiger partial charge in [0.25, 0.3) is 0 Å². The molecule has 0 aliphatic heterocycles. The van der Waals surface area contributed by atoms with Crippen LogP contribution in [0.2, 0.25) is 5.28 Å². The van der Waals surface area contributed by atoms with Crippen molar-refractivity contribution >= 4 is 11.6 Å². The van der Waals surface area contributed by atoms with Crippen LogP contribution in [0.4, 0.5) is 0 Å². The van der Waals surface area contributed by atoms with Crippen LogP contribution in [0.3, 0.4) is 0 Å². The minimum atomic E-state index is 0.261. The molecule has 1 N–H and O–H groups in total. The first-order valence-electron chi connectivity index (χ1n) is 3.86. The van der Waals surface area contributed by atoms with Gasteiger partial charge in [-0.1, -0.05) is 11.8 Å². The van der Waals surface area contributed by atoms with Crippen molar-refractivity contribution < 1.29 is 0 Å². The molecule has 0 aromatic carbocycles. The highest BCUT2D eigenvalue weighted by Crippen LogP contribution is 2.05. The summed E-state index contributed by atoms with van der Waals surface area (Å²) in [4.78, 5) is 7.83. The van der Waals surface area contributed by atoms with Crippen molar-refractivity contribution in [3.63, 3.8) is 0 Å². The molecule has 0 radical (unpaired) electrons. The van der Waals surface area contributed by atoms with Crippen LogP contribution in [0.1, 0.15) is 11.3 Å². The predicted molar refractivity (Wildman–Crippen MR) is 52.6 cm³/mol.